The number of nitrogens with one attached hydrogen (secondary N) is 1. The molecule has 1 aromatic rings. The molecule has 1 rings (SSSR count). The van der Waals surface area contributed by atoms with Crippen LogP contribution in [0, 0.1) is 0 Å². The Morgan fingerprint density at radius 3 is 2.62 bits per heavy atom. The fourth-order valence-corrected chi connectivity index (χ4v) is 1.13. The lowest BCUT2D eigenvalue weighted by molar-refractivity contribution is -0.138. The van der Waals surface area contributed by atoms with Gasteiger partial charge >= 0.3 is 6.18 Å². The van der Waals surface area contributed by atoms with Crippen LogP contribution in [0.1, 0.15) is 21.6 Å². The summed E-state index contributed by atoms with van der Waals surface area (Å²) in [6.45, 7) is 3.32. The maximum Gasteiger partial charge on any atom is 0.417 e. The van der Waals surface area contributed by atoms with Crippen LogP contribution < -0.4 is 5.32 Å². The van der Waals surface area contributed by atoms with Gasteiger partial charge in [-0.1, -0.05) is 6.58 Å². The van der Waals surface area contributed by atoms with Crippen LogP contribution in [0.4, 0.5) is 13.2 Å². The summed E-state index contributed by atoms with van der Waals surface area (Å²) in [5, 5.41) is 2.13. The second-order valence-corrected chi connectivity index (χ2v) is 2.94. The Labute approximate surface area is 90.0 Å². The lowest BCUT2D eigenvalue weighted by Crippen LogP contribution is -2.23. The number of hydrogen-bond donors (Lipinski definition) is 1. The first-order valence-electron chi connectivity index (χ1n) is 4.32. The molecule has 6 heteroatoms. The van der Waals surface area contributed by atoms with E-state index < -0.39 is 23.2 Å². The zero-order chi connectivity index (χ0) is 12.3. The minimum atomic E-state index is -4.59. The molecule has 0 atom stereocenters. The molecule has 0 radical (unpaired) electrons. The SMILES string of the molecule is C=Cc1cc(C(F)(F)F)c(C(=O)NC)cn1. The first kappa shape index (κ1) is 12.2. The van der Waals surface area contributed by atoms with Gasteiger partial charge in [-0.25, -0.2) is 0 Å². The molecular weight excluding hydrogens is 221 g/mol. The average Bonchev–Trinajstić information content (AvgIpc) is 2.26. The first-order chi connectivity index (χ1) is 7.40. The largest absolute Gasteiger partial charge is 0.417 e. The van der Waals surface area contributed by atoms with Gasteiger partial charge in [-0.15, -0.1) is 0 Å². The van der Waals surface area contributed by atoms with Gasteiger partial charge in [0, 0.05) is 13.2 Å². The Bertz CT molecular complexity index is 427. The van der Waals surface area contributed by atoms with Crippen molar-refractivity contribution >= 4 is 12.0 Å². The van der Waals surface area contributed by atoms with Crippen LogP contribution in [0.5, 0.6) is 0 Å². The fourth-order valence-electron chi connectivity index (χ4n) is 1.13. The third-order valence-corrected chi connectivity index (χ3v) is 1.91. The first-order valence-corrected chi connectivity index (χ1v) is 4.32. The number of hydrogen-bond acceptors (Lipinski definition) is 2. The lowest BCUT2D eigenvalue weighted by Gasteiger charge is -2.11. The summed E-state index contributed by atoms with van der Waals surface area (Å²) < 4.78 is 37.9. The van der Waals surface area contributed by atoms with E-state index in [1.165, 1.54) is 13.1 Å². The topological polar surface area (TPSA) is 42.0 Å². The number of pyridine rings is 1. The Morgan fingerprint density at radius 2 is 2.19 bits per heavy atom. The summed E-state index contributed by atoms with van der Waals surface area (Å²) in [4.78, 5) is 14.9. The van der Waals surface area contributed by atoms with E-state index in [4.69, 9.17) is 0 Å². The summed E-state index contributed by atoms with van der Waals surface area (Å²) in [5.41, 5.74) is -1.45. The molecule has 0 bridgehead atoms. The monoisotopic (exact) mass is 230 g/mol. The van der Waals surface area contributed by atoms with E-state index in [1.54, 1.807) is 0 Å². The highest BCUT2D eigenvalue weighted by Crippen LogP contribution is 2.32. The van der Waals surface area contributed by atoms with E-state index >= 15 is 0 Å². The summed E-state index contributed by atoms with van der Waals surface area (Å²) in [5.74, 6) is -0.824. The van der Waals surface area contributed by atoms with Gasteiger partial charge in [0.1, 0.15) is 0 Å². The minimum absolute atomic E-state index is 0.0694. The molecular formula is C10H9F3N2O. The van der Waals surface area contributed by atoms with E-state index in [2.05, 4.69) is 16.9 Å². The molecule has 3 nitrogen and oxygen atoms in total. The van der Waals surface area contributed by atoms with E-state index in [9.17, 15) is 18.0 Å². The molecule has 0 fully saturated rings. The highest BCUT2D eigenvalue weighted by atomic mass is 19.4. The van der Waals surface area contributed by atoms with Gasteiger partial charge < -0.3 is 5.32 Å². The summed E-state index contributed by atoms with van der Waals surface area (Å²) in [6.07, 6.45) is -2.52. The number of halogens is 3. The van der Waals surface area contributed by atoms with E-state index in [0.29, 0.717) is 0 Å². The molecule has 1 N–H and O–H groups in total. The maximum absolute atomic E-state index is 12.6. The van der Waals surface area contributed by atoms with Gasteiger partial charge in [0.15, 0.2) is 0 Å². The van der Waals surface area contributed by atoms with Gasteiger partial charge in [-0.05, 0) is 12.1 Å². The molecule has 16 heavy (non-hydrogen) atoms. The molecule has 0 saturated carbocycles. The number of aromatic nitrogens is 1. The third kappa shape index (κ3) is 2.39. The van der Waals surface area contributed by atoms with Crippen molar-refractivity contribution in [2.24, 2.45) is 0 Å². The highest BCUT2D eigenvalue weighted by Gasteiger charge is 2.35. The van der Waals surface area contributed by atoms with Crippen molar-refractivity contribution < 1.29 is 18.0 Å². The van der Waals surface area contributed by atoms with Crippen LogP contribution in [-0.4, -0.2) is 17.9 Å². The standard InChI is InChI=1S/C10H9F3N2O/c1-3-6-4-8(10(11,12)13)7(5-15-6)9(16)14-2/h3-5H,1H2,2H3,(H,14,16). The number of amides is 1. The van der Waals surface area contributed by atoms with Crippen molar-refractivity contribution in [1.82, 2.24) is 10.3 Å². The van der Waals surface area contributed by atoms with Crippen LogP contribution in [0.2, 0.25) is 0 Å². The zero-order valence-electron chi connectivity index (χ0n) is 8.43. The summed E-state index contributed by atoms with van der Waals surface area (Å²) in [6, 6.07) is 0.789. The minimum Gasteiger partial charge on any atom is -0.355 e. The molecule has 1 aromatic heterocycles. The van der Waals surface area contributed by atoms with E-state index in [0.717, 1.165) is 12.3 Å². The van der Waals surface area contributed by atoms with Crippen LogP contribution in [0.25, 0.3) is 6.08 Å². The van der Waals surface area contributed by atoms with Gasteiger partial charge in [0.2, 0.25) is 0 Å². The normalized spacial score (nSPS) is 11.0. The number of alkyl halides is 3. The fraction of sp³-hybridized carbons (Fsp3) is 0.200. The molecule has 0 unspecified atom stereocenters. The molecule has 0 saturated heterocycles. The third-order valence-electron chi connectivity index (χ3n) is 1.91. The van der Waals surface area contributed by atoms with Gasteiger partial charge in [-0.2, -0.15) is 13.2 Å². The van der Waals surface area contributed by atoms with Crippen molar-refractivity contribution in [2.75, 3.05) is 7.05 Å². The number of carbonyl (C=O) groups is 1. The Kier molecular flexibility index (Phi) is 3.31. The molecule has 0 aliphatic carbocycles. The second-order valence-electron chi connectivity index (χ2n) is 2.94. The number of rotatable bonds is 2. The Balaban J connectivity index is 3.39. The van der Waals surface area contributed by atoms with Crippen LogP contribution >= 0.6 is 0 Å². The van der Waals surface area contributed by atoms with Gasteiger partial charge in [0.05, 0.1) is 16.8 Å². The average molecular weight is 230 g/mol. The smallest absolute Gasteiger partial charge is 0.355 e. The van der Waals surface area contributed by atoms with Gasteiger partial charge in [0.25, 0.3) is 5.91 Å². The molecule has 1 heterocycles. The molecule has 0 aliphatic rings. The van der Waals surface area contributed by atoms with Crippen molar-refractivity contribution in [3.05, 3.63) is 35.7 Å². The molecule has 1 amide bonds. The molecule has 0 aromatic carbocycles. The maximum atomic E-state index is 12.6. The predicted octanol–water partition coefficient (Wildman–Crippen LogP) is 2.10. The summed E-state index contributed by atoms with van der Waals surface area (Å²) in [7, 11) is 1.25. The second kappa shape index (κ2) is 4.34. The lowest BCUT2D eigenvalue weighted by atomic mass is 10.1. The van der Waals surface area contributed by atoms with Gasteiger partial charge in [-0.3, -0.25) is 9.78 Å². The Hall–Kier alpha value is -1.85. The van der Waals surface area contributed by atoms with Crippen molar-refractivity contribution in [3.8, 4) is 0 Å². The van der Waals surface area contributed by atoms with Crippen LogP contribution in [-0.2, 0) is 6.18 Å². The zero-order valence-corrected chi connectivity index (χ0v) is 8.43. The van der Waals surface area contributed by atoms with E-state index in [-0.39, 0.29) is 5.69 Å². The van der Waals surface area contributed by atoms with Crippen molar-refractivity contribution in [1.29, 1.82) is 0 Å². The van der Waals surface area contributed by atoms with Crippen molar-refractivity contribution in [3.63, 3.8) is 0 Å². The van der Waals surface area contributed by atoms with E-state index in [1.807, 2.05) is 0 Å². The number of nitrogens with zero attached hydrogens (tertiary/aromatic N) is 1. The highest BCUT2D eigenvalue weighted by molar-refractivity contribution is 5.95. The molecule has 0 aliphatic heterocycles. The Morgan fingerprint density at radius 1 is 1.56 bits per heavy atom. The quantitative estimate of drug-likeness (QED) is 0.845. The summed E-state index contributed by atoms with van der Waals surface area (Å²) >= 11 is 0. The molecule has 86 valence electrons. The predicted molar refractivity (Wildman–Crippen MR) is 52.7 cm³/mol. The number of carbonyl (C=O) groups excluding carboxylic acids is 1. The van der Waals surface area contributed by atoms with Crippen molar-refractivity contribution in [2.45, 2.75) is 6.18 Å². The molecule has 0 spiro atoms. The van der Waals surface area contributed by atoms with Crippen LogP contribution in [0.3, 0.4) is 0 Å². The van der Waals surface area contributed by atoms with Crippen LogP contribution in [0.15, 0.2) is 18.8 Å².